The molecular formula is C22H28N2O4. The van der Waals surface area contributed by atoms with Gasteiger partial charge in [0.05, 0.1) is 0 Å². The van der Waals surface area contributed by atoms with Gasteiger partial charge in [-0.1, -0.05) is 30.3 Å². The Morgan fingerprint density at radius 3 is 2.11 bits per heavy atom. The van der Waals surface area contributed by atoms with E-state index in [0.717, 1.165) is 0 Å². The van der Waals surface area contributed by atoms with Crippen molar-refractivity contribution in [2.24, 2.45) is 7.05 Å². The molecule has 6 heteroatoms. The van der Waals surface area contributed by atoms with Crippen LogP contribution in [0.15, 0.2) is 60.8 Å². The van der Waals surface area contributed by atoms with E-state index < -0.39 is 11.9 Å². The van der Waals surface area contributed by atoms with Gasteiger partial charge < -0.3 is 19.7 Å². The van der Waals surface area contributed by atoms with Crippen LogP contribution in [0.1, 0.15) is 36.4 Å². The van der Waals surface area contributed by atoms with Crippen LogP contribution in [0.2, 0.25) is 0 Å². The van der Waals surface area contributed by atoms with E-state index in [-0.39, 0.29) is 0 Å². The summed E-state index contributed by atoms with van der Waals surface area (Å²) in [5, 5.41) is 15.6. The van der Waals surface area contributed by atoms with Crippen molar-refractivity contribution >= 4 is 11.9 Å². The summed E-state index contributed by atoms with van der Waals surface area (Å²) in [7, 11) is 2.15. The maximum absolute atomic E-state index is 9.55. The Bertz CT molecular complexity index is 761. The van der Waals surface area contributed by atoms with Crippen molar-refractivity contribution in [3.05, 3.63) is 72.1 Å². The summed E-state index contributed by atoms with van der Waals surface area (Å²) in [4.78, 5) is 21.7. The van der Waals surface area contributed by atoms with Crippen LogP contribution < -0.4 is 0 Å². The molecule has 2 aromatic rings. The maximum Gasteiger partial charge on any atom is 0.328 e. The van der Waals surface area contributed by atoms with Gasteiger partial charge in [0, 0.05) is 37.0 Å². The van der Waals surface area contributed by atoms with Crippen molar-refractivity contribution in [3.8, 4) is 0 Å². The van der Waals surface area contributed by atoms with Crippen LogP contribution in [-0.2, 0) is 16.6 Å². The Morgan fingerprint density at radius 1 is 1.00 bits per heavy atom. The smallest absolute Gasteiger partial charge is 0.328 e. The molecule has 1 unspecified atom stereocenters. The number of aromatic nitrogens is 1. The molecule has 2 heterocycles. The molecule has 1 atom stereocenters. The highest BCUT2D eigenvalue weighted by Gasteiger charge is 2.19. The summed E-state index contributed by atoms with van der Waals surface area (Å²) in [5.74, 6) is -2.00. The lowest BCUT2D eigenvalue weighted by Crippen LogP contribution is -2.23. The molecule has 3 rings (SSSR count). The van der Waals surface area contributed by atoms with Crippen LogP contribution in [0.3, 0.4) is 0 Å². The van der Waals surface area contributed by atoms with E-state index in [0.29, 0.717) is 18.1 Å². The first-order valence-corrected chi connectivity index (χ1v) is 9.50. The predicted molar refractivity (Wildman–Crippen MR) is 108 cm³/mol. The lowest BCUT2D eigenvalue weighted by atomic mass is 9.92. The second-order valence-electron chi connectivity index (χ2n) is 6.85. The minimum absolute atomic E-state index is 0.511. The Labute approximate surface area is 165 Å². The maximum atomic E-state index is 9.55. The quantitative estimate of drug-likeness (QED) is 0.716. The molecule has 0 spiro atoms. The van der Waals surface area contributed by atoms with E-state index in [1.165, 1.54) is 50.2 Å². The van der Waals surface area contributed by atoms with Gasteiger partial charge in [-0.05, 0) is 56.6 Å². The number of benzene rings is 1. The van der Waals surface area contributed by atoms with E-state index in [1.807, 2.05) is 0 Å². The second kappa shape index (κ2) is 11.1. The van der Waals surface area contributed by atoms with Gasteiger partial charge >= 0.3 is 11.9 Å². The zero-order valence-corrected chi connectivity index (χ0v) is 16.2. The number of rotatable bonds is 7. The van der Waals surface area contributed by atoms with Crippen LogP contribution in [-0.4, -0.2) is 51.3 Å². The third kappa shape index (κ3) is 7.04. The Hall–Kier alpha value is -2.86. The molecule has 28 heavy (non-hydrogen) atoms. The summed E-state index contributed by atoms with van der Waals surface area (Å²) in [6, 6.07) is 15.4. The van der Waals surface area contributed by atoms with Crippen LogP contribution in [0.4, 0.5) is 0 Å². The molecule has 2 N–H and O–H groups in total. The molecule has 1 aromatic carbocycles. The minimum atomic E-state index is -1.26. The first kappa shape index (κ1) is 21.4. The van der Waals surface area contributed by atoms with Gasteiger partial charge in [0.2, 0.25) is 0 Å². The lowest BCUT2D eigenvalue weighted by Gasteiger charge is -2.22. The third-order valence-electron chi connectivity index (χ3n) is 4.84. The molecule has 1 aliphatic rings. The predicted octanol–water partition coefficient (Wildman–Crippen LogP) is 3.35. The molecule has 150 valence electrons. The Morgan fingerprint density at radius 2 is 1.61 bits per heavy atom. The van der Waals surface area contributed by atoms with E-state index in [4.69, 9.17) is 10.2 Å². The van der Waals surface area contributed by atoms with Gasteiger partial charge in [-0.15, -0.1) is 0 Å². The fourth-order valence-corrected chi connectivity index (χ4v) is 3.47. The average Bonchev–Trinajstić information content (AvgIpc) is 3.34. The first-order chi connectivity index (χ1) is 13.5. The molecule has 1 fully saturated rings. The number of nitrogens with zero attached hydrogens (tertiary/aromatic N) is 2. The highest BCUT2D eigenvalue weighted by Crippen LogP contribution is 2.28. The summed E-state index contributed by atoms with van der Waals surface area (Å²) in [5.41, 5.74) is 2.86. The Balaban J connectivity index is 0.000000300. The monoisotopic (exact) mass is 384 g/mol. The van der Waals surface area contributed by atoms with Gasteiger partial charge in [0.15, 0.2) is 0 Å². The minimum Gasteiger partial charge on any atom is -0.478 e. The molecule has 0 bridgehead atoms. The van der Waals surface area contributed by atoms with Crippen LogP contribution >= 0.6 is 0 Å². The van der Waals surface area contributed by atoms with Gasteiger partial charge in [-0.25, -0.2) is 9.59 Å². The molecular weight excluding hydrogens is 356 g/mol. The van der Waals surface area contributed by atoms with Crippen LogP contribution in [0, 0.1) is 0 Å². The zero-order valence-electron chi connectivity index (χ0n) is 16.2. The van der Waals surface area contributed by atoms with Gasteiger partial charge in [-0.3, -0.25) is 0 Å². The first-order valence-electron chi connectivity index (χ1n) is 9.50. The molecule has 0 saturated carbocycles. The van der Waals surface area contributed by atoms with E-state index >= 15 is 0 Å². The van der Waals surface area contributed by atoms with Gasteiger partial charge in [-0.2, -0.15) is 0 Å². The highest BCUT2D eigenvalue weighted by molar-refractivity contribution is 5.89. The molecule has 1 saturated heterocycles. The average molecular weight is 384 g/mol. The van der Waals surface area contributed by atoms with Crippen molar-refractivity contribution in [3.63, 3.8) is 0 Å². The Kier molecular flexibility index (Phi) is 8.49. The number of carboxylic acid groups (broad SMARTS) is 2. The van der Waals surface area contributed by atoms with Crippen LogP contribution in [0.5, 0.6) is 0 Å². The van der Waals surface area contributed by atoms with Crippen molar-refractivity contribution in [1.29, 1.82) is 0 Å². The molecule has 0 amide bonds. The number of hydrogen-bond donors (Lipinski definition) is 2. The molecule has 0 aliphatic carbocycles. The SMILES string of the molecule is Cn1cccc1C(CCN1CCCC1)c1ccccc1.O=C(O)/C=C/C(=O)O. The number of aliphatic carboxylic acids is 2. The van der Waals surface area contributed by atoms with E-state index in [2.05, 4.69) is 65.2 Å². The molecule has 1 aliphatic heterocycles. The number of hydrogen-bond acceptors (Lipinski definition) is 3. The lowest BCUT2D eigenvalue weighted by molar-refractivity contribution is -0.134. The molecule has 6 nitrogen and oxygen atoms in total. The fourth-order valence-electron chi connectivity index (χ4n) is 3.47. The van der Waals surface area contributed by atoms with Crippen LogP contribution in [0.25, 0.3) is 0 Å². The van der Waals surface area contributed by atoms with Crippen molar-refractivity contribution in [1.82, 2.24) is 9.47 Å². The normalized spacial score (nSPS) is 15.2. The molecule has 1 aromatic heterocycles. The summed E-state index contributed by atoms with van der Waals surface area (Å²) < 4.78 is 2.27. The fraction of sp³-hybridized carbons (Fsp3) is 0.364. The van der Waals surface area contributed by atoms with Crippen molar-refractivity contribution in [2.75, 3.05) is 19.6 Å². The number of carboxylic acids is 2. The van der Waals surface area contributed by atoms with Gasteiger partial charge in [0.1, 0.15) is 0 Å². The number of likely N-dealkylation sites (tertiary alicyclic amines) is 1. The standard InChI is InChI=1S/C18H24N2.C4H4O4/c1-19-12-7-10-18(19)17(16-8-3-2-4-9-16)11-15-20-13-5-6-14-20;5-3(6)1-2-4(7)8/h2-4,7-10,12,17H,5-6,11,13-15H2,1H3;1-2H,(H,5,6)(H,7,8)/b;2-1+. The molecule has 0 radical (unpaired) electrons. The summed E-state index contributed by atoms with van der Waals surface area (Å²) in [6.07, 6.45) is 7.23. The topological polar surface area (TPSA) is 82.8 Å². The third-order valence-corrected chi connectivity index (χ3v) is 4.84. The van der Waals surface area contributed by atoms with Gasteiger partial charge in [0.25, 0.3) is 0 Å². The summed E-state index contributed by atoms with van der Waals surface area (Å²) in [6.45, 7) is 3.79. The number of carbonyl (C=O) groups is 2. The van der Waals surface area contributed by atoms with E-state index in [1.54, 1.807) is 0 Å². The van der Waals surface area contributed by atoms with E-state index in [9.17, 15) is 9.59 Å². The zero-order chi connectivity index (χ0) is 20.4. The summed E-state index contributed by atoms with van der Waals surface area (Å²) >= 11 is 0. The van der Waals surface area contributed by atoms with Crippen molar-refractivity contribution in [2.45, 2.75) is 25.2 Å². The van der Waals surface area contributed by atoms with Crippen molar-refractivity contribution < 1.29 is 19.8 Å². The largest absolute Gasteiger partial charge is 0.478 e. The number of aryl methyl sites for hydroxylation is 1. The second-order valence-corrected chi connectivity index (χ2v) is 6.85. The highest BCUT2D eigenvalue weighted by atomic mass is 16.4.